The summed E-state index contributed by atoms with van der Waals surface area (Å²) in [7, 11) is 4.15. The molecule has 0 bridgehead atoms. The molecule has 0 aliphatic heterocycles. The molecule has 1 saturated carbocycles. The molecule has 4 nitrogen and oxygen atoms in total. The Morgan fingerprint density at radius 3 is 2.44 bits per heavy atom. The second kappa shape index (κ2) is 5.59. The summed E-state index contributed by atoms with van der Waals surface area (Å²) >= 11 is 4.71. The molecule has 0 aromatic heterocycles. The minimum absolute atomic E-state index is 0.0689. The van der Waals surface area contributed by atoms with Crippen molar-refractivity contribution in [3.8, 4) is 0 Å². The van der Waals surface area contributed by atoms with Crippen LogP contribution in [0.4, 0.5) is 0 Å². The first-order chi connectivity index (χ1) is 7.46. The summed E-state index contributed by atoms with van der Waals surface area (Å²) in [4.78, 5) is 14.0. The van der Waals surface area contributed by atoms with Gasteiger partial charge in [-0.3, -0.25) is 4.79 Å². The summed E-state index contributed by atoms with van der Waals surface area (Å²) in [5, 5.41) is 2.93. The number of hydrogen-bond donors (Lipinski definition) is 2. The van der Waals surface area contributed by atoms with E-state index in [1.54, 1.807) is 0 Å². The number of nitrogens with one attached hydrogen (secondary N) is 1. The highest BCUT2D eigenvalue weighted by molar-refractivity contribution is 7.80. The van der Waals surface area contributed by atoms with Crippen LogP contribution in [0.2, 0.25) is 0 Å². The highest BCUT2D eigenvalue weighted by Crippen LogP contribution is 2.32. The standard InChI is InChI=1S/C11H21N3OS/c1-14(2)11(5-3-4-6-11)8-13-10(15)7-9(12)16/h3-8H2,1-2H3,(H2,12,16)(H,13,15). The zero-order valence-corrected chi connectivity index (χ0v) is 10.9. The van der Waals surface area contributed by atoms with Crippen LogP contribution in [0.25, 0.3) is 0 Å². The Morgan fingerprint density at radius 1 is 1.44 bits per heavy atom. The maximum absolute atomic E-state index is 11.5. The Morgan fingerprint density at radius 2 is 2.00 bits per heavy atom. The van der Waals surface area contributed by atoms with E-state index < -0.39 is 0 Å². The first-order valence-electron chi connectivity index (χ1n) is 5.69. The summed E-state index contributed by atoms with van der Waals surface area (Å²) in [6, 6.07) is 0. The number of nitrogens with two attached hydrogens (primary N) is 1. The fraction of sp³-hybridized carbons (Fsp3) is 0.818. The molecule has 0 spiro atoms. The van der Waals surface area contributed by atoms with Gasteiger partial charge in [0.1, 0.15) is 0 Å². The van der Waals surface area contributed by atoms with Crippen molar-refractivity contribution in [1.29, 1.82) is 0 Å². The highest BCUT2D eigenvalue weighted by Gasteiger charge is 2.35. The molecule has 0 unspecified atom stereocenters. The van der Waals surface area contributed by atoms with Gasteiger partial charge in [0.25, 0.3) is 0 Å². The van der Waals surface area contributed by atoms with Crippen molar-refractivity contribution < 1.29 is 4.79 Å². The number of hydrogen-bond acceptors (Lipinski definition) is 3. The SMILES string of the molecule is CN(C)C1(CNC(=O)CC(N)=S)CCCC1. The van der Waals surface area contributed by atoms with Crippen molar-refractivity contribution in [2.24, 2.45) is 5.73 Å². The van der Waals surface area contributed by atoms with Gasteiger partial charge in [-0.2, -0.15) is 0 Å². The van der Waals surface area contributed by atoms with E-state index in [9.17, 15) is 4.79 Å². The summed E-state index contributed by atoms with van der Waals surface area (Å²) in [6.07, 6.45) is 4.92. The highest BCUT2D eigenvalue weighted by atomic mass is 32.1. The van der Waals surface area contributed by atoms with Crippen LogP contribution in [0.15, 0.2) is 0 Å². The van der Waals surface area contributed by atoms with E-state index in [0.717, 1.165) is 12.8 Å². The van der Waals surface area contributed by atoms with E-state index in [2.05, 4.69) is 24.3 Å². The van der Waals surface area contributed by atoms with E-state index in [-0.39, 0.29) is 22.9 Å². The van der Waals surface area contributed by atoms with Gasteiger partial charge in [-0.15, -0.1) is 0 Å². The summed E-state index contributed by atoms with van der Waals surface area (Å²) in [5.41, 5.74) is 5.46. The van der Waals surface area contributed by atoms with Crippen molar-refractivity contribution in [1.82, 2.24) is 10.2 Å². The van der Waals surface area contributed by atoms with Crippen LogP contribution in [0.1, 0.15) is 32.1 Å². The topological polar surface area (TPSA) is 58.4 Å². The number of carbonyl (C=O) groups excluding carboxylic acids is 1. The molecule has 0 atom stereocenters. The molecular formula is C11H21N3OS. The van der Waals surface area contributed by atoms with Crippen molar-refractivity contribution in [3.63, 3.8) is 0 Å². The smallest absolute Gasteiger partial charge is 0.226 e. The Kier molecular flexibility index (Phi) is 4.68. The number of carbonyl (C=O) groups is 1. The van der Waals surface area contributed by atoms with Crippen LogP contribution in [-0.4, -0.2) is 42.0 Å². The molecule has 0 heterocycles. The van der Waals surface area contributed by atoms with Crippen molar-refractivity contribution in [2.75, 3.05) is 20.6 Å². The molecule has 1 aliphatic carbocycles. The van der Waals surface area contributed by atoms with Crippen LogP contribution >= 0.6 is 12.2 Å². The largest absolute Gasteiger partial charge is 0.393 e. The molecule has 92 valence electrons. The van der Waals surface area contributed by atoms with Crippen molar-refractivity contribution in [3.05, 3.63) is 0 Å². The van der Waals surface area contributed by atoms with Crippen LogP contribution in [0.3, 0.4) is 0 Å². The fourth-order valence-electron chi connectivity index (χ4n) is 2.30. The first-order valence-corrected chi connectivity index (χ1v) is 6.09. The van der Waals surface area contributed by atoms with Gasteiger partial charge in [0.05, 0.1) is 11.4 Å². The Hall–Kier alpha value is -0.680. The van der Waals surface area contributed by atoms with Crippen LogP contribution in [0.5, 0.6) is 0 Å². The van der Waals surface area contributed by atoms with Gasteiger partial charge < -0.3 is 16.0 Å². The van der Waals surface area contributed by atoms with Gasteiger partial charge in [-0.25, -0.2) is 0 Å². The molecule has 1 rings (SSSR count). The molecule has 16 heavy (non-hydrogen) atoms. The summed E-state index contributed by atoms with van der Waals surface area (Å²) in [6.45, 7) is 0.696. The maximum atomic E-state index is 11.5. The minimum atomic E-state index is -0.0689. The second-order valence-electron chi connectivity index (χ2n) is 4.75. The molecule has 1 fully saturated rings. The summed E-state index contributed by atoms with van der Waals surface area (Å²) in [5.74, 6) is -0.0689. The predicted octanol–water partition coefficient (Wildman–Crippen LogP) is 0.653. The molecule has 5 heteroatoms. The van der Waals surface area contributed by atoms with Gasteiger partial charge >= 0.3 is 0 Å². The number of rotatable bonds is 5. The van der Waals surface area contributed by atoms with E-state index in [4.69, 9.17) is 18.0 Å². The third-order valence-corrected chi connectivity index (χ3v) is 3.58. The van der Waals surface area contributed by atoms with Crippen molar-refractivity contribution >= 4 is 23.1 Å². The predicted molar refractivity (Wildman–Crippen MR) is 69.3 cm³/mol. The Balaban J connectivity index is 2.45. The van der Waals surface area contributed by atoms with E-state index in [0.29, 0.717) is 6.54 Å². The fourth-order valence-corrected chi connectivity index (χ4v) is 2.43. The third-order valence-electron chi connectivity index (χ3n) is 3.43. The number of amides is 1. The molecule has 1 aliphatic rings. The monoisotopic (exact) mass is 243 g/mol. The molecule has 1 amide bonds. The third kappa shape index (κ3) is 3.42. The lowest BCUT2D eigenvalue weighted by atomic mass is 9.96. The second-order valence-corrected chi connectivity index (χ2v) is 5.27. The Labute approximate surface area is 103 Å². The van der Waals surface area contributed by atoms with E-state index in [1.165, 1.54) is 12.8 Å². The average Bonchev–Trinajstić information content (AvgIpc) is 2.63. The lowest BCUT2D eigenvalue weighted by Gasteiger charge is -2.36. The lowest BCUT2D eigenvalue weighted by Crippen LogP contribution is -2.51. The van der Waals surface area contributed by atoms with E-state index >= 15 is 0 Å². The zero-order chi connectivity index (χ0) is 12.2. The summed E-state index contributed by atoms with van der Waals surface area (Å²) < 4.78 is 0. The van der Waals surface area contributed by atoms with E-state index in [1.807, 2.05) is 0 Å². The first kappa shape index (κ1) is 13.4. The maximum Gasteiger partial charge on any atom is 0.226 e. The zero-order valence-electron chi connectivity index (χ0n) is 10.1. The van der Waals surface area contributed by atoms with Crippen molar-refractivity contribution in [2.45, 2.75) is 37.6 Å². The average molecular weight is 243 g/mol. The quantitative estimate of drug-likeness (QED) is 0.696. The number of thiocarbonyl (C=S) groups is 1. The minimum Gasteiger partial charge on any atom is -0.393 e. The molecule has 0 saturated heterocycles. The van der Waals surface area contributed by atoms with Gasteiger partial charge in [0.15, 0.2) is 0 Å². The Bertz CT molecular complexity index is 272. The van der Waals surface area contributed by atoms with Crippen LogP contribution in [-0.2, 0) is 4.79 Å². The molecule has 0 aromatic rings. The number of nitrogens with zero attached hydrogens (tertiary/aromatic N) is 1. The van der Waals surface area contributed by atoms with Gasteiger partial charge in [0, 0.05) is 12.1 Å². The normalized spacial score (nSPS) is 18.7. The van der Waals surface area contributed by atoms with Gasteiger partial charge in [0.2, 0.25) is 5.91 Å². The number of likely N-dealkylation sites (N-methyl/N-ethyl adjacent to an activating group) is 1. The van der Waals surface area contributed by atoms with Gasteiger partial charge in [-0.05, 0) is 26.9 Å². The van der Waals surface area contributed by atoms with Crippen LogP contribution in [0, 0.1) is 0 Å². The lowest BCUT2D eigenvalue weighted by molar-refractivity contribution is -0.120. The van der Waals surface area contributed by atoms with Crippen LogP contribution < -0.4 is 11.1 Å². The molecule has 0 radical (unpaired) electrons. The van der Waals surface area contributed by atoms with Gasteiger partial charge in [-0.1, -0.05) is 25.1 Å². The molecule has 3 N–H and O–H groups in total. The molecule has 0 aromatic carbocycles. The molecular weight excluding hydrogens is 222 g/mol.